The van der Waals surface area contributed by atoms with Gasteiger partial charge < -0.3 is 16.0 Å². The summed E-state index contributed by atoms with van der Waals surface area (Å²) >= 11 is 0. The van der Waals surface area contributed by atoms with E-state index in [4.69, 9.17) is 5.73 Å². The maximum absolute atomic E-state index is 10.7. The van der Waals surface area contributed by atoms with Gasteiger partial charge in [-0.25, -0.2) is 0 Å². The van der Waals surface area contributed by atoms with Crippen molar-refractivity contribution in [2.24, 2.45) is 5.73 Å². The molecule has 3 N–H and O–H groups in total. The molecule has 5 nitrogen and oxygen atoms in total. The van der Waals surface area contributed by atoms with E-state index in [-0.39, 0.29) is 12.1 Å². The Balaban J connectivity index is 0. The van der Waals surface area contributed by atoms with Crippen LogP contribution in [0, 0.1) is 0 Å². The fourth-order valence-electron chi connectivity index (χ4n) is 1.75. The topological polar surface area (TPSA) is 61.6 Å². The van der Waals surface area contributed by atoms with Gasteiger partial charge in [0, 0.05) is 13.1 Å². The highest BCUT2D eigenvalue weighted by molar-refractivity contribution is 5.86. The zero-order chi connectivity index (χ0) is 16.0. The number of nitrogens with one attached hydrogen (secondary N) is 1. The van der Waals surface area contributed by atoms with Crippen molar-refractivity contribution in [1.82, 2.24) is 15.1 Å². The van der Waals surface area contributed by atoms with Crippen LogP contribution in [0.25, 0.3) is 0 Å². The Bertz CT molecular complexity index is 236. The molecule has 0 aromatic carbocycles. The summed E-state index contributed by atoms with van der Waals surface area (Å²) in [6.45, 7) is 19.6. The van der Waals surface area contributed by atoms with E-state index in [9.17, 15) is 4.79 Å². The summed E-state index contributed by atoms with van der Waals surface area (Å²) in [5, 5.41) is 2.73. The lowest BCUT2D eigenvalue weighted by Crippen LogP contribution is -2.39. The minimum Gasteiger partial charge on any atom is -0.351 e. The van der Waals surface area contributed by atoms with E-state index < -0.39 is 0 Å². The Hall–Kier alpha value is -0.910. The van der Waals surface area contributed by atoms with Crippen LogP contribution < -0.4 is 11.1 Å². The molecule has 1 amide bonds. The first-order chi connectivity index (χ1) is 9.46. The molecule has 0 aliphatic rings. The molecule has 0 saturated carbocycles. The van der Waals surface area contributed by atoms with Crippen LogP contribution in [-0.2, 0) is 4.79 Å². The van der Waals surface area contributed by atoms with Gasteiger partial charge in [0.25, 0.3) is 0 Å². The van der Waals surface area contributed by atoms with Gasteiger partial charge in [-0.2, -0.15) is 0 Å². The summed E-state index contributed by atoms with van der Waals surface area (Å²) in [6, 6.07) is 0. The number of nitrogens with zero attached hydrogens (tertiary/aromatic N) is 2. The molecular formula is C15H34N4O. The lowest BCUT2D eigenvalue weighted by Gasteiger charge is -2.21. The van der Waals surface area contributed by atoms with Crippen LogP contribution >= 0.6 is 0 Å². The quantitative estimate of drug-likeness (QED) is 0.495. The van der Waals surface area contributed by atoms with E-state index in [1.807, 2.05) is 6.92 Å². The fraction of sp³-hybridized carbons (Fsp3) is 0.800. The van der Waals surface area contributed by atoms with Gasteiger partial charge in [-0.1, -0.05) is 34.3 Å². The molecule has 0 aromatic rings. The second-order valence-electron chi connectivity index (χ2n) is 4.48. The summed E-state index contributed by atoms with van der Waals surface area (Å²) in [4.78, 5) is 15.2. The molecule has 0 aliphatic carbocycles. The first kappa shape index (κ1) is 21.4. The summed E-state index contributed by atoms with van der Waals surface area (Å²) in [7, 11) is 0. The van der Waals surface area contributed by atoms with Crippen molar-refractivity contribution in [3.63, 3.8) is 0 Å². The van der Waals surface area contributed by atoms with Gasteiger partial charge in [-0.3, -0.25) is 9.69 Å². The smallest absolute Gasteiger partial charge is 0.243 e. The van der Waals surface area contributed by atoms with Crippen LogP contribution in [0.15, 0.2) is 12.7 Å². The molecule has 120 valence electrons. The number of carbonyl (C=O) groups excluding carboxylic acids is 1. The van der Waals surface area contributed by atoms with E-state index in [1.165, 1.54) is 6.08 Å². The van der Waals surface area contributed by atoms with Crippen molar-refractivity contribution in [2.45, 2.75) is 40.8 Å². The summed E-state index contributed by atoms with van der Waals surface area (Å²) in [5.41, 5.74) is 5.58. The van der Waals surface area contributed by atoms with Gasteiger partial charge >= 0.3 is 0 Å². The standard InChI is InChI=1S/C9H18N2O.C6H16N2/c1-4-9(12)10-7-8-11(5-2)6-3;1-4-8(5-2)6(3)7/h4H,1,5-8H2,2-3H3,(H,10,12);6H,4-5,7H2,1-3H3. The van der Waals surface area contributed by atoms with Gasteiger partial charge in [0.15, 0.2) is 0 Å². The van der Waals surface area contributed by atoms with E-state index in [1.54, 1.807) is 0 Å². The number of likely N-dealkylation sites (N-methyl/N-ethyl adjacent to an activating group) is 1. The van der Waals surface area contributed by atoms with Crippen molar-refractivity contribution in [1.29, 1.82) is 0 Å². The zero-order valence-electron chi connectivity index (χ0n) is 14.0. The maximum Gasteiger partial charge on any atom is 0.243 e. The minimum absolute atomic E-state index is 0.0952. The van der Waals surface area contributed by atoms with Crippen molar-refractivity contribution in [3.05, 3.63) is 12.7 Å². The Kier molecular flexibility index (Phi) is 15.5. The average Bonchev–Trinajstić information content (AvgIpc) is 2.45. The highest BCUT2D eigenvalue weighted by Gasteiger charge is 2.01. The van der Waals surface area contributed by atoms with Gasteiger partial charge in [-0.05, 0) is 39.2 Å². The third kappa shape index (κ3) is 12.1. The first-order valence-electron chi connectivity index (χ1n) is 7.58. The van der Waals surface area contributed by atoms with Crippen LogP contribution in [0.4, 0.5) is 0 Å². The second-order valence-corrected chi connectivity index (χ2v) is 4.48. The molecule has 20 heavy (non-hydrogen) atoms. The molecule has 0 rings (SSSR count). The van der Waals surface area contributed by atoms with Crippen LogP contribution in [-0.4, -0.2) is 61.1 Å². The molecule has 0 fully saturated rings. The predicted molar refractivity (Wildman–Crippen MR) is 87.6 cm³/mol. The highest BCUT2D eigenvalue weighted by Crippen LogP contribution is 1.88. The van der Waals surface area contributed by atoms with Gasteiger partial charge in [-0.15, -0.1) is 0 Å². The molecule has 0 aromatic heterocycles. The molecule has 0 saturated heterocycles. The number of hydrogen-bond donors (Lipinski definition) is 2. The molecular weight excluding hydrogens is 252 g/mol. The van der Waals surface area contributed by atoms with Crippen molar-refractivity contribution >= 4 is 5.91 Å². The van der Waals surface area contributed by atoms with E-state index >= 15 is 0 Å². The number of nitrogens with two attached hydrogens (primary N) is 1. The maximum atomic E-state index is 10.7. The monoisotopic (exact) mass is 286 g/mol. The predicted octanol–water partition coefficient (Wildman–Crippen LogP) is 1.26. The molecule has 0 heterocycles. The molecule has 1 atom stereocenters. The molecule has 1 unspecified atom stereocenters. The summed E-state index contributed by atoms with van der Waals surface area (Å²) < 4.78 is 0. The van der Waals surface area contributed by atoms with Gasteiger partial charge in [0.1, 0.15) is 0 Å². The zero-order valence-corrected chi connectivity index (χ0v) is 14.0. The largest absolute Gasteiger partial charge is 0.351 e. The molecule has 5 heteroatoms. The van der Waals surface area contributed by atoms with Crippen molar-refractivity contribution in [3.8, 4) is 0 Å². The lowest BCUT2D eigenvalue weighted by atomic mass is 10.4. The van der Waals surface area contributed by atoms with Gasteiger partial charge in [0.05, 0.1) is 6.17 Å². The molecule has 0 radical (unpaired) electrons. The Morgan fingerprint density at radius 2 is 1.70 bits per heavy atom. The summed E-state index contributed by atoms with van der Waals surface area (Å²) in [6.07, 6.45) is 1.51. The normalized spacial score (nSPS) is 11.8. The van der Waals surface area contributed by atoms with Crippen LogP contribution in [0.1, 0.15) is 34.6 Å². The second kappa shape index (κ2) is 14.5. The van der Waals surface area contributed by atoms with Crippen molar-refractivity contribution in [2.75, 3.05) is 39.3 Å². The van der Waals surface area contributed by atoms with E-state index in [0.717, 1.165) is 32.7 Å². The third-order valence-corrected chi connectivity index (χ3v) is 3.20. The third-order valence-electron chi connectivity index (χ3n) is 3.20. The number of carbonyl (C=O) groups is 1. The number of amides is 1. The van der Waals surface area contributed by atoms with Crippen LogP contribution in [0.3, 0.4) is 0 Å². The summed E-state index contributed by atoms with van der Waals surface area (Å²) in [5.74, 6) is -0.0952. The Labute approximate surface area is 125 Å². The minimum atomic E-state index is -0.0952. The number of hydrogen-bond acceptors (Lipinski definition) is 4. The Morgan fingerprint density at radius 1 is 1.20 bits per heavy atom. The van der Waals surface area contributed by atoms with Crippen LogP contribution in [0.2, 0.25) is 0 Å². The number of rotatable bonds is 9. The molecule has 0 aliphatic heterocycles. The average molecular weight is 286 g/mol. The van der Waals surface area contributed by atoms with Gasteiger partial charge in [0.2, 0.25) is 5.91 Å². The van der Waals surface area contributed by atoms with Crippen molar-refractivity contribution < 1.29 is 4.79 Å². The fourth-order valence-corrected chi connectivity index (χ4v) is 1.75. The highest BCUT2D eigenvalue weighted by atomic mass is 16.1. The SMILES string of the molecule is C=CC(=O)NCCN(CC)CC.CCN(CC)C(C)N. The van der Waals surface area contributed by atoms with E-state index in [2.05, 4.69) is 49.4 Å². The van der Waals surface area contributed by atoms with Crippen LogP contribution in [0.5, 0.6) is 0 Å². The Morgan fingerprint density at radius 3 is 1.95 bits per heavy atom. The lowest BCUT2D eigenvalue weighted by molar-refractivity contribution is -0.116. The van der Waals surface area contributed by atoms with E-state index in [0.29, 0.717) is 6.54 Å². The first-order valence-corrected chi connectivity index (χ1v) is 7.58. The molecule has 0 bridgehead atoms. The molecule has 0 spiro atoms.